The Morgan fingerprint density at radius 3 is 2.73 bits per heavy atom. The summed E-state index contributed by atoms with van der Waals surface area (Å²) in [6.45, 7) is 0.107. The molecule has 0 fully saturated rings. The molecule has 0 atom stereocenters. The van der Waals surface area contributed by atoms with Crippen LogP contribution in [0.25, 0.3) is 33.5 Å². The SMILES string of the molecule is O=c1c2ccccc2nc(-c2cc3cc(Br)ccc3o2)n1N=Cc1cc(Cl)cc(Br)c1OCc1cccc(F)c1. The molecule has 6 nitrogen and oxygen atoms in total. The van der Waals surface area contributed by atoms with Gasteiger partial charge in [-0.25, -0.2) is 9.37 Å². The number of para-hydroxylation sites is 1. The van der Waals surface area contributed by atoms with Crippen LogP contribution in [-0.4, -0.2) is 15.9 Å². The minimum absolute atomic E-state index is 0.107. The molecule has 0 saturated heterocycles. The molecule has 6 aromatic rings. The lowest BCUT2D eigenvalue weighted by atomic mass is 10.2. The lowest BCUT2D eigenvalue weighted by Crippen LogP contribution is -2.20. The van der Waals surface area contributed by atoms with Crippen molar-refractivity contribution in [1.82, 2.24) is 9.66 Å². The summed E-state index contributed by atoms with van der Waals surface area (Å²) >= 11 is 13.3. The highest BCUT2D eigenvalue weighted by atomic mass is 79.9. The van der Waals surface area contributed by atoms with Crippen molar-refractivity contribution >= 4 is 71.5 Å². The number of nitrogens with zero attached hydrogens (tertiary/aromatic N) is 3. The third-order valence-electron chi connectivity index (χ3n) is 6.07. The molecule has 0 N–H and O–H groups in total. The summed E-state index contributed by atoms with van der Waals surface area (Å²) in [5, 5.41) is 6.20. The Labute approximate surface area is 248 Å². The van der Waals surface area contributed by atoms with E-state index in [2.05, 4.69) is 37.0 Å². The molecule has 0 saturated carbocycles. The zero-order chi connectivity index (χ0) is 27.8. The van der Waals surface area contributed by atoms with E-state index in [0.29, 0.717) is 48.6 Å². The van der Waals surface area contributed by atoms with Gasteiger partial charge >= 0.3 is 0 Å². The number of furan rings is 1. The van der Waals surface area contributed by atoms with Gasteiger partial charge in [0.25, 0.3) is 5.56 Å². The van der Waals surface area contributed by atoms with E-state index in [4.69, 9.17) is 25.7 Å². The summed E-state index contributed by atoms with van der Waals surface area (Å²) in [5.74, 6) is 0.680. The van der Waals surface area contributed by atoms with E-state index in [-0.39, 0.29) is 23.8 Å². The normalized spacial score (nSPS) is 11.6. The van der Waals surface area contributed by atoms with Crippen LogP contribution in [0.5, 0.6) is 5.75 Å². The Morgan fingerprint density at radius 1 is 1.02 bits per heavy atom. The second-order valence-corrected chi connectivity index (χ2v) is 11.0. The third kappa shape index (κ3) is 5.32. The molecule has 0 spiro atoms. The average Bonchev–Trinajstić information content (AvgIpc) is 3.35. The van der Waals surface area contributed by atoms with E-state index in [0.717, 1.165) is 9.86 Å². The first-order chi connectivity index (χ1) is 19.4. The Bertz CT molecular complexity index is 2010. The van der Waals surface area contributed by atoms with Gasteiger partial charge in [-0.05, 0) is 82.2 Å². The number of halogens is 4. The zero-order valence-electron chi connectivity index (χ0n) is 20.4. The van der Waals surface area contributed by atoms with Crippen molar-refractivity contribution in [3.05, 3.63) is 126 Å². The topological polar surface area (TPSA) is 69.6 Å². The smallest absolute Gasteiger partial charge is 0.282 e. The third-order valence-corrected chi connectivity index (χ3v) is 7.37. The highest BCUT2D eigenvalue weighted by Crippen LogP contribution is 2.33. The van der Waals surface area contributed by atoms with Crippen molar-refractivity contribution in [2.45, 2.75) is 6.61 Å². The van der Waals surface area contributed by atoms with Gasteiger partial charge in [0.1, 0.15) is 23.8 Å². The first-order valence-electron chi connectivity index (χ1n) is 12.0. The van der Waals surface area contributed by atoms with E-state index >= 15 is 0 Å². The molecular weight excluding hydrogens is 665 g/mol. The van der Waals surface area contributed by atoms with Crippen molar-refractivity contribution in [3.63, 3.8) is 0 Å². The van der Waals surface area contributed by atoms with Crippen molar-refractivity contribution < 1.29 is 13.5 Å². The van der Waals surface area contributed by atoms with Crippen LogP contribution in [0, 0.1) is 5.82 Å². The quantitative estimate of drug-likeness (QED) is 0.165. The minimum atomic E-state index is -0.373. The van der Waals surface area contributed by atoms with Crippen LogP contribution in [0.1, 0.15) is 11.1 Å². The van der Waals surface area contributed by atoms with E-state index in [1.54, 1.807) is 42.5 Å². The summed E-state index contributed by atoms with van der Waals surface area (Å²) in [5.41, 5.74) is 1.93. The largest absolute Gasteiger partial charge is 0.487 e. The Balaban J connectivity index is 1.46. The van der Waals surface area contributed by atoms with Crippen LogP contribution in [0.2, 0.25) is 5.02 Å². The average molecular weight is 682 g/mol. The molecule has 0 bridgehead atoms. The minimum Gasteiger partial charge on any atom is -0.487 e. The number of benzene rings is 4. The molecular formula is C30H17Br2ClFN3O3. The van der Waals surface area contributed by atoms with Gasteiger partial charge < -0.3 is 9.15 Å². The first-order valence-corrected chi connectivity index (χ1v) is 13.9. The number of ether oxygens (including phenoxy) is 1. The maximum Gasteiger partial charge on any atom is 0.282 e. The zero-order valence-corrected chi connectivity index (χ0v) is 24.4. The maximum absolute atomic E-state index is 13.7. The van der Waals surface area contributed by atoms with Crippen molar-refractivity contribution in [1.29, 1.82) is 0 Å². The Hall–Kier alpha value is -3.79. The molecule has 0 aliphatic rings. The molecule has 6 rings (SSSR count). The van der Waals surface area contributed by atoms with E-state index in [1.807, 2.05) is 30.3 Å². The summed E-state index contributed by atoms with van der Waals surface area (Å²) in [4.78, 5) is 18.4. The van der Waals surface area contributed by atoms with Gasteiger partial charge in [-0.1, -0.05) is 51.8 Å². The van der Waals surface area contributed by atoms with E-state index in [9.17, 15) is 9.18 Å². The molecule has 0 aliphatic heterocycles. The molecule has 4 aromatic carbocycles. The lowest BCUT2D eigenvalue weighted by molar-refractivity contribution is 0.303. The number of fused-ring (bicyclic) bond motifs is 2. The van der Waals surface area contributed by atoms with Crippen LogP contribution >= 0.6 is 43.5 Å². The highest BCUT2D eigenvalue weighted by molar-refractivity contribution is 9.10. The number of hydrogen-bond donors (Lipinski definition) is 0. The molecule has 0 aliphatic carbocycles. The van der Waals surface area contributed by atoms with Gasteiger partial charge in [0.15, 0.2) is 5.76 Å². The van der Waals surface area contributed by atoms with Gasteiger partial charge in [0.05, 0.1) is 21.6 Å². The molecule has 0 amide bonds. The van der Waals surface area contributed by atoms with Crippen LogP contribution in [0.3, 0.4) is 0 Å². The van der Waals surface area contributed by atoms with Crippen LogP contribution in [-0.2, 0) is 6.61 Å². The number of hydrogen-bond acceptors (Lipinski definition) is 5. The van der Waals surface area contributed by atoms with Gasteiger partial charge in [-0.2, -0.15) is 9.78 Å². The number of aromatic nitrogens is 2. The molecule has 2 aromatic heterocycles. The summed E-state index contributed by atoms with van der Waals surface area (Å²) in [6, 6.07) is 24.0. The van der Waals surface area contributed by atoms with Crippen LogP contribution in [0.15, 0.2) is 108 Å². The summed E-state index contributed by atoms with van der Waals surface area (Å²) in [6.07, 6.45) is 1.47. The van der Waals surface area contributed by atoms with Crippen molar-refractivity contribution in [2.75, 3.05) is 0 Å². The first kappa shape index (κ1) is 26.4. The van der Waals surface area contributed by atoms with Crippen LogP contribution < -0.4 is 10.3 Å². The number of rotatable bonds is 6. The monoisotopic (exact) mass is 679 g/mol. The van der Waals surface area contributed by atoms with Crippen LogP contribution in [0.4, 0.5) is 4.39 Å². The summed E-state index contributed by atoms with van der Waals surface area (Å²) in [7, 11) is 0. The fourth-order valence-electron chi connectivity index (χ4n) is 4.25. The second kappa shape index (κ2) is 11.0. The fraction of sp³-hybridized carbons (Fsp3) is 0.0333. The Kier molecular flexibility index (Phi) is 7.27. The van der Waals surface area contributed by atoms with Gasteiger partial charge in [-0.15, -0.1) is 0 Å². The van der Waals surface area contributed by atoms with Gasteiger partial charge in [0, 0.05) is 20.4 Å². The maximum atomic E-state index is 13.7. The molecule has 40 heavy (non-hydrogen) atoms. The van der Waals surface area contributed by atoms with E-state index < -0.39 is 0 Å². The predicted molar refractivity (Wildman–Crippen MR) is 162 cm³/mol. The highest BCUT2D eigenvalue weighted by Gasteiger charge is 2.17. The second-order valence-electron chi connectivity index (χ2n) is 8.83. The fourth-order valence-corrected chi connectivity index (χ4v) is 5.57. The van der Waals surface area contributed by atoms with E-state index in [1.165, 1.54) is 23.0 Å². The van der Waals surface area contributed by atoms with Gasteiger partial charge in [0.2, 0.25) is 5.82 Å². The molecule has 0 unspecified atom stereocenters. The standard InChI is InChI=1S/C30H17Br2ClFN3O3/c31-20-8-9-26-18(11-20)13-27(40-26)29-36-25-7-2-1-6-23(25)30(38)37(29)35-15-19-12-21(33)14-24(32)28(19)39-16-17-4-3-5-22(34)10-17/h1-15H,16H2. The van der Waals surface area contributed by atoms with Gasteiger partial charge in [-0.3, -0.25) is 4.79 Å². The molecule has 198 valence electrons. The summed E-state index contributed by atoms with van der Waals surface area (Å²) < 4.78 is 28.4. The van der Waals surface area contributed by atoms with Crippen molar-refractivity contribution in [3.8, 4) is 17.3 Å². The molecule has 2 heterocycles. The lowest BCUT2D eigenvalue weighted by Gasteiger charge is -2.12. The molecule has 10 heteroatoms. The van der Waals surface area contributed by atoms with Crippen molar-refractivity contribution in [2.24, 2.45) is 5.10 Å². The Morgan fingerprint density at radius 2 is 1.88 bits per heavy atom. The molecule has 0 radical (unpaired) electrons. The predicted octanol–water partition coefficient (Wildman–Crippen LogP) is 8.59.